The molecule has 0 bridgehead atoms. The zero-order valence-electron chi connectivity index (χ0n) is 14.4. The van der Waals surface area contributed by atoms with E-state index < -0.39 is 0 Å². The summed E-state index contributed by atoms with van der Waals surface area (Å²) >= 11 is 1.92. The molecule has 1 aromatic carbocycles. The van der Waals surface area contributed by atoms with Gasteiger partial charge in [0.2, 0.25) is 10.5 Å². The highest BCUT2D eigenvalue weighted by atomic mass is 32.1. The average molecular weight is 319 g/mol. The first-order valence-corrected chi connectivity index (χ1v) is 10.0. The van der Waals surface area contributed by atoms with Crippen molar-refractivity contribution in [2.75, 3.05) is 0 Å². The van der Waals surface area contributed by atoms with Gasteiger partial charge in [0.25, 0.3) is 0 Å². The molecule has 0 amide bonds. The first-order chi connectivity index (χ1) is 10.8. The smallest absolute Gasteiger partial charge is 0.186 e. The summed E-state index contributed by atoms with van der Waals surface area (Å²) in [4.78, 5) is 0. The van der Waals surface area contributed by atoms with Crippen molar-refractivity contribution in [3.63, 3.8) is 0 Å². The molecule has 0 spiro atoms. The van der Waals surface area contributed by atoms with E-state index >= 15 is 0 Å². The summed E-state index contributed by atoms with van der Waals surface area (Å²) in [5.41, 5.74) is 1.42. The van der Waals surface area contributed by atoms with Crippen molar-refractivity contribution >= 4 is 21.6 Å². The van der Waals surface area contributed by atoms with Crippen LogP contribution in [-0.4, -0.2) is 0 Å². The minimum absolute atomic E-state index is 1.19. The van der Waals surface area contributed by atoms with Crippen LogP contribution in [0.15, 0.2) is 24.3 Å². The monoisotopic (exact) mass is 318 g/mol. The highest BCUT2D eigenvalue weighted by Gasteiger charge is 2.15. The van der Waals surface area contributed by atoms with Crippen molar-refractivity contribution in [3.8, 4) is 0 Å². The fourth-order valence-electron chi connectivity index (χ4n) is 3.19. The number of nitrogens with zero attached hydrogens (tertiary/aromatic N) is 1. The summed E-state index contributed by atoms with van der Waals surface area (Å²) in [6.45, 7) is 5.73. The average Bonchev–Trinajstić information content (AvgIpc) is 2.85. The number of hydrogen-bond donors (Lipinski definition) is 0. The maximum atomic E-state index is 2.50. The van der Waals surface area contributed by atoms with Crippen LogP contribution in [0.2, 0.25) is 0 Å². The van der Waals surface area contributed by atoms with E-state index in [9.17, 15) is 0 Å². The maximum Gasteiger partial charge on any atom is 0.235 e. The van der Waals surface area contributed by atoms with E-state index in [2.05, 4.69) is 42.7 Å². The van der Waals surface area contributed by atoms with Gasteiger partial charge in [-0.05, 0) is 12.5 Å². The van der Waals surface area contributed by atoms with Crippen molar-refractivity contribution in [3.05, 3.63) is 29.3 Å². The first-order valence-electron chi connectivity index (χ1n) is 9.21. The third-order valence-corrected chi connectivity index (χ3v) is 5.61. The molecule has 0 saturated carbocycles. The molecule has 2 aromatic rings. The van der Waals surface area contributed by atoms with E-state index in [0.717, 1.165) is 0 Å². The lowest BCUT2D eigenvalue weighted by Crippen LogP contribution is -2.34. The molecule has 0 N–H and O–H groups in total. The highest BCUT2D eigenvalue weighted by Crippen LogP contribution is 2.19. The summed E-state index contributed by atoms with van der Waals surface area (Å²) in [7, 11) is 0. The molecule has 0 aliphatic heterocycles. The normalized spacial score (nSPS) is 11.4. The number of rotatable bonds is 11. The number of hydrogen-bond acceptors (Lipinski definition) is 1. The second-order valence-corrected chi connectivity index (χ2v) is 7.66. The molecule has 122 valence electrons. The number of fused-ring (bicyclic) bond motifs is 1. The van der Waals surface area contributed by atoms with Crippen LogP contribution in [-0.2, 0) is 6.54 Å². The summed E-state index contributed by atoms with van der Waals surface area (Å²) in [6, 6.07) is 8.80. The minimum Gasteiger partial charge on any atom is -0.186 e. The zero-order chi connectivity index (χ0) is 15.6. The van der Waals surface area contributed by atoms with E-state index in [1.54, 1.807) is 0 Å². The van der Waals surface area contributed by atoms with Gasteiger partial charge in [0.05, 0.1) is 0 Å². The molecule has 2 heteroatoms. The van der Waals surface area contributed by atoms with Gasteiger partial charge in [0.15, 0.2) is 0 Å². The van der Waals surface area contributed by atoms with E-state index in [1.807, 2.05) is 11.3 Å². The fraction of sp³-hybridized carbons (Fsp3) is 0.650. The number of thiazole rings is 1. The van der Waals surface area contributed by atoms with Gasteiger partial charge in [0, 0.05) is 19.4 Å². The Morgan fingerprint density at radius 2 is 1.41 bits per heavy atom. The third kappa shape index (κ3) is 5.39. The summed E-state index contributed by atoms with van der Waals surface area (Å²) < 4.78 is 3.93. The van der Waals surface area contributed by atoms with Gasteiger partial charge >= 0.3 is 0 Å². The molecular formula is C20H32NS+. The summed E-state index contributed by atoms with van der Waals surface area (Å²) in [5, 5.41) is 1.44. The Morgan fingerprint density at radius 3 is 2.09 bits per heavy atom. The molecule has 0 atom stereocenters. The van der Waals surface area contributed by atoms with E-state index in [1.165, 1.54) is 86.0 Å². The number of benzene rings is 1. The number of aryl methyl sites for hydroxylation is 2. The molecule has 22 heavy (non-hydrogen) atoms. The highest BCUT2D eigenvalue weighted by molar-refractivity contribution is 7.18. The molecule has 1 aromatic heterocycles. The van der Waals surface area contributed by atoms with Crippen molar-refractivity contribution in [2.45, 2.75) is 84.6 Å². The molecule has 0 saturated heterocycles. The largest absolute Gasteiger partial charge is 0.235 e. The molecule has 0 aliphatic rings. The fourth-order valence-corrected chi connectivity index (χ4v) is 4.23. The third-order valence-electron chi connectivity index (χ3n) is 4.53. The van der Waals surface area contributed by atoms with E-state index in [0.29, 0.717) is 0 Å². The van der Waals surface area contributed by atoms with Gasteiger partial charge in [-0.2, -0.15) is 4.57 Å². The van der Waals surface area contributed by atoms with Crippen LogP contribution in [0.4, 0.5) is 0 Å². The Morgan fingerprint density at radius 1 is 0.818 bits per heavy atom. The van der Waals surface area contributed by atoms with E-state index in [-0.39, 0.29) is 0 Å². The Hall–Kier alpha value is -0.890. The second kappa shape index (κ2) is 9.99. The Bertz CT molecular complexity index is 544. The minimum atomic E-state index is 1.19. The number of unbranched alkanes of at least 4 members (excludes halogenated alkanes) is 9. The van der Waals surface area contributed by atoms with Crippen LogP contribution in [0.1, 0.15) is 76.1 Å². The zero-order valence-corrected chi connectivity index (χ0v) is 15.3. The van der Waals surface area contributed by atoms with Crippen LogP contribution in [0, 0.1) is 6.92 Å². The van der Waals surface area contributed by atoms with E-state index in [4.69, 9.17) is 0 Å². The quantitative estimate of drug-likeness (QED) is 0.332. The van der Waals surface area contributed by atoms with Gasteiger partial charge in [-0.1, -0.05) is 81.8 Å². The van der Waals surface area contributed by atoms with Crippen LogP contribution in [0.5, 0.6) is 0 Å². The van der Waals surface area contributed by atoms with Crippen molar-refractivity contribution in [1.82, 2.24) is 0 Å². The lowest BCUT2D eigenvalue weighted by Gasteiger charge is -2.01. The molecule has 0 unspecified atom stereocenters. The van der Waals surface area contributed by atoms with Crippen molar-refractivity contribution in [2.24, 2.45) is 0 Å². The summed E-state index contributed by atoms with van der Waals surface area (Å²) in [5.74, 6) is 0. The molecule has 0 radical (unpaired) electrons. The van der Waals surface area contributed by atoms with Crippen LogP contribution in [0.3, 0.4) is 0 Å². The number of para-hydroxylation sites is 1. The second-order valence-electron chi connectivity index (χ2n) is 6.42. The van der Waals surface area contributed by atoms with Crippen LogP contribution < -0.4 is 4.57 Å². The Kier molecular flexibility index (Phi) is 7.93. The first kappa shape index (κ1) is 17.5. The van der Waals surface area contributed by atoms with Gasteiger partial charge in [-0.25, -0.2) is 0 Å². The van der Waals surface area contributed by atoms with Crippen LogP contribution >= 0.6 is 11.3 Å². The van der Waals surface area contributed by atoms with Crippen molar-refractivity contribution < 1.29 is 4.57 Å². The van der Waals surface area contributed by atoms with Gasteiger partial charge in [-0.15, -0.1) is 0 Å². The van der Waals surface area contributed by atoms with Gasteiger partial charge in [-0.3, -0.25) is 0 Å². The SMILES string of the molecule is CCCCCCCCCCCC[n+]1c(C)sc2ccccc21. The predicted molar refractivity (Wildman–Crippen MR) is 98.6 cm³/mol. The molecule has 1 nitrogen and oxygen atoms in total. The maximum absolute atomic E-state index is 2.50. The Labute approximate surface area is 140 Å². The number of aromatic nitrogens is 1. The molecular weight excluding hydrogens is 286 g/mol. The molecule has 2 rings (SSSR count). The van der Waals surface area contributed by atoms with Gasteiger partial charge < -0.3 is 0 Å². The van der Waals surface area contributed by atoms with Crippen LogP contribution in [0.25, 0.3) is 10.2 Å². The molecule has 0 fully saturated rings. The standard InChI is InChI=1S/C20H32NS/c1-3-4-5-6-7-8-9-10-11-14-17-21-18(2)22-20-16-13-12-15-19(20)21/h12-13,15-16H,3-11,14,17H2,1-2H3/q+1. The lowest BCUT2D eigenvalue weighted by molar-refractivity contribution is -0.673. The van der Waals surface area contributed by atoms with Gasteiger partial charge in [0.1, 0.15) is 11.2 Å². The summed E-state index contributed by atoms with van der Waals surface area (Å²) in [6.07, 6.45) is 14.1. The lowest BCUT2D eigenvalue weighted by atomic mass is 10.1. The predicted octanol–water partition coefficient (Wildman–Crippen LogP) is 6.42. The topological polar surface area (TPSA) is 3.88 Å². The molecule has 1 heterocycles. The Balaban J connectivity index is 1.59. The molecule has 0 aliphatic carbocycles. The van der Waals surface area contributed by atoms with Crippen molar-refractivity contribution in [1.29, 1.82) is 0 Å².